The standard InChI is InChI=1S/C15H24N2O/c1-3-4-7-10-17(2)11-12-18-15-9-6-5-8-14(15)13-16/h3,5-6,8-9H,1,4,7,10-13,16H2,2H3. The molecule has 0 heterocycles. The molecule has 2 N–H and O–H groups in total. The van der Waals surface area contributed by atoms with Crippen LogP contribution in [0.5, 0.6) is 5.75 Å². The summed E-state index contributed by atoms with van der Waals surface area (Å²) in [4.78, 5) is 2.27. The summed E-state index contributed by atoms with van der Waals surface area (Å²) in [5.74, 6) is 0.902. The van der Waals surface area contributed by atoms with Crippen LogP contribution in [-0.2, 0) is 6.54 Å². The molecule has 0 aliphatic heterocycles. The first-order chi connectivity index (χ1) is 8.77. The number of rotatable bonds is 9. The SMILES string of the molecule is C=CCCCN(C)CCOc1ccccc1CN. The third-order valence-corrected chi connectivity index (χ3v) is 2.87. The van der Waals surface area contributed by atoms with Gasteiger partial charge in [0, 0.05) is 18.7 Å². The minimum atomic E-state index is 0.519. The predicted molar refractivity (Wildman–Crippen MR) is 76.8 cm³/mol. The third-order valence-electron chi connectivity index (χ3n) is 2.87. The van der Waals surface area contributed by atoms with Gasteiger partial charge in [0.25, 0.3) is 0 Å². The number of ether oxygens (including phenoxy) is 1. The maximum absolute atomic E-state index is 5.76. The molecule has 0 saturated carbocycles. The number of nitrogens with zero attached hydrogens (tertiary/aromatic N) is 1. The molecule has 0 fully saturated rings. The molecule has 1 aromatic carbocycles. The van der Waals surface area contributed by atoms with Crippen molar-refractivity contribution in [1.29, 1.82) is 0 Å². The van der Waals surface area contributed by atoms with Crippen LogP contribution in [0.3, 0.4) is 0 Å². The Balaban J connectivity index is 2.26. The first-order valence-electron chi connectivity index (χ1n) is 6.48. The summed E-state index contributed by atoms with van der Waals surface area (Å²) < 4.78 is 5.76. The second kappa shape index (κ2) is 8.72. The van der Waals surface area contributed by atoms with Crippen LogP contribution >= 0.6 is 0 Å². The lowest BCUT2D eigenvalue weighted by atomic mass is 10.2. The second-order valence-corrected chi connectivity index (χ2v) is 4.39. The lowest BCUT2D eigenvalue weighted by Crippen LogP contribution is -2.25. The smallest absolute Gasteiger partial charge is 0.123 e. The van der Waals surface area contributed by atoms with E-state index < -0.39 is 0 Å². The van der Waals surface area contributed by atoms with E-state index >= 15 is 0 Å². The zero-order chi connectivity index (χ0) is 13.2. The van der Waals surface area contributed by atoms with E-state index in [9.17, 15) is 0 Å². The Bertz CT molecular complexity index is 352. The van der Waals surface area contributed by atoms with Gasteiger partial charge in [0.2, 0.25) is 0 Å². The van der Waals surface area contributed by atoms with E-state index in [-0.39, 0.29) is 0 Å². The molecule has 0 spiro atoms. The molecule has 0 radical (unpaired) electrons. The van der Waals surface area contributed by atoms with Gasteiger partial charge in [0.15, 0.2) is 0 Å². The minimum absolute atomic E-state index is 0.519. The fraction of sp³-hybridized carbons (Fsp3) is 0.467. The summed E-state index contributed by atoms with van der Waals surface area (Å²) in [5.41, 5.74) is 6.73. The van der Waals surface area contributed by atoms with Crippen molar-refractivity contribution >= 4 is 0 Å². The number of benzene rings is 1. The Morgan fingerprint density at radius 3 is 2.83 bits per heavy atom. The molecule has 0 saturated heterocycles. The normalized spacial score (nSPS) is 10.6. The highest BCUT2D eigenvalue weighted by molar-refractivity contribution is 5.32. The summed E-state index contributed by atoms with van der Waals surface area (Å²) in [7, 11) is 2.11. The predicted octanol–water partition coefficient (Wildman–Crippen LogP) is 2.42. The van der Waals surface area contributed by atoms with Crippen LogP contribution in [-0.4, -0.2) is 31.6 Å². The lowest BCUT2D eigenvalue weighted by Gasteiger charge is -2.17. The van der Waals surface area contributed by atoms with Crippen molar-refractivity contribution in [2.75, 3.05) is 26.7 Å². The summed E-state index contributed by atoms with van der Waals surface area (Å²) in [5, 5.41) is 0. The molecule has 0 bridgehead atoms. The largest absolute Gasteiger partial charge is 0.492 e. The van der Waals surface area contributed by atoms with E-state index in [1.165, 1.54) is 0 Å². The summed E-state index contributed by atoms with van der Waals surface area (Å²) in [6, 6.07) is 7.93. The third kappa shape index (κ3) is 5.34. The molecule has 0 amide bonds. The topological polar surface area (TPSA) is 38.5 Å². The van der Waals surface area contributed by atoms with Crippen molar-refractivity contribution in [1.82, 2.24) is 4.90 Å². The van der Waals surface area contributed by atoms with Gasteiger partial charge in [-0.05, 0) is 32.5 Å². The van der Waals surface area contributed by atoms with E-state index in [1.807, 2.05) is 30.3 Å². The van der Waals surface area contributed by atoms with E-state index in [4.69, 9.17) is 10.5 Å². The zero-order valence-electron chi connectivity index (χ0n) is 11.3. The van der Waals surface area contributed by atoms with Crippen LogP contribution in [0, 0.1) is 0 Å². The van der Waals surface area contributed by atoms with Crippen LogP contribution < -0.4 is 10.5 Å². The summed E-state index contributed by atoms with van der Waals surface area (Å²) in [6.45, 7) is 6.94. The number of hydrogen-bond donors (Lipinski definition) is 1. The van der Waals surface area contributed by atoms with E-state index in [1.54, 1.807) is 0 Å². The molecule has 100 valence electrons. The Morgan fingerprint density at radius 1 is 1.33 bits per heavy atom. The average molecular weight is 248 g/mol. The van der Waals surface area contributed by atoms with Crippen molar-refractivity contribution in [3.8, 4) is 5.75 Å². The fourth-order valence-corrected chi connectivity index (χ4v) is 1.74. The van der Waals surface area contributed by atoms with Gasteiger partial charge in [-0.15, -0.1) is 6.58 Å². The highest BCUT2D eigenvalue weighted by Crippen LogP contribution is 2.16. The molecule has 3 heteroatoms. The van der Waals surface area contributed by atoms with Gasteiger partial charge >= 0.3 is 0 Å². The second-order valence-electron chi connectivity index (χ2n) is 4.39. The molecule has 18 heavy (non-hydrogen) atoms. The Hall–Kier alpha value is -1.32. The number of unbranched alkanes of at least 4 members (excludes halogenated alkanes) is 1. The maximum Gasteiger partial charge on any atom is 0.123 e. The Labute approximate surface area is 110 Å². The van der Waals surface area contributed by atoms with E-state index in [2.05, 4.69) is 18.5 Å². The molecule has 3 nitrogen and oxygen atoms in total. The van der Waals surface area contributed by atoms with Crippen molar-refractivity contribution < 1.29 is 4.74 Å². The number of para-hydroxylation sites is 1. The molecule has 0 aromatic heterocycles. The van der Waals surface area contributed by atoms with Crippen LogP contribution in [0.1, 0.15) is 18.4 Å². The monoisotopic (exact) mass is 248 g/mol. The Kier molecular flexibility index (Phi) is 7.14. The van der Waals surface area contributed by atoms with Gasteiger partial charge < -0.3 is 15.4 Å². The van der Waals surface area contributed by atoms with E-state index in [0.717, 1.165) is 37.2 Å². The van der Waals surface area contributed by atoms with Gasteiger partial charge in [-0.2, -0.15) is 0 Å². The van der Waals surface area contributed by atoms with Gasteiger partial charge in [0.1, 0.15) is 12.4 Å². The van der Waals surface area contributed by atoms with Crippen molar-refractivity contribution in [2.24, 2.45) is 5.73 Å². The molecule has 1 aromatic rings. The van der Waals surface area contributed by atoms with E-state index in [0.29, 0.717) is 13.2 Å². The van der Waals surface area contributed by atoms with Crippen LogP contribution in [0.25, 0.3) is 0 Å². The first kappa shape index (κ1) is 14.7. The molecular formula is C15H24N2O. The lowest BCUT2D eigenvalue weighted by molar-refractivity contribution is 0.235. The summed E-state index contributed by atoms with van der Waals surface area (Å²) in [6.07, 6.45) is 4.18. The first-order valence-corrected chi connectivity index (χ1v) is 6.48. The fourth-order valence-electron chi connectivity index (χ4n) is 1.74. The quantitative estimate of drug-likeness (QED) is 0.539. The average Bonchev–Trinajstić information content (AvgIpc) is 2.39. The molecule has 1 rings (SSSR count). The molecular weight excluding hydrogens is 224 g/mol. The highest BCUT2D eigenvalue weighted by atomic mass is 16.5. The molecule has 0 unspecified atom stereocenters. The van der Waals surface area contributed by atoms with Crippen molar-refractivity contribution in [3.63, 3.8) is 0 Å². The van der Waals surface area contributed by atoms with Crippen molar-refractivity contribution in [3.05, 3.63) is 42.5 Å². The van der Waals surface area contributed by atoms with Crippen LogP contribution in [0.2, 0.25) is 0 Å². The van der Waals surface area contributed by atoms with Gasteiger partial charge in [-0.1, -0.05) is 24.3 Å². The molecule has 0 aliphatic carbocycles. The number of hydrogen-bond acceptors (Lipinski definition) is 3. The molecule has 0 atom stereocenters. The zero-order valence-corrected chi connectivity index (χ0v) is 11.3. The van der Waals surface area contributed by atoms with Gasteiger partial charge in [-0.3, -0.25) is 0 Å². The van der Waals surface area contributed by atoms with Crippen LogP contribution in [0.4, 0.5) is 0 Å². The molecule has 0 aliphatic rings. The number of nitrogens with two attached hydrogens (primary N) is 1. The van der Waals surface area contributed by atoms with Crippen molar-refractivity contribution in [2.45, 2.75) is 19.4 Å². The van der Waals surface area contributed by atoms with Crippen LogP contribution in [0.15, 0.2) is 36.9 Å². The highest BCUT2D eigenvalue weighted by Gasteiger charge is 2.02. The minimum Gasteiger partial charge on any atom is -0.492 e. The Morgan fingerprint density at radius 2 is 2.11 bits per heavy atom. The van der Waals surface area contributed by atoms with Gasteiger partial charge in [0.05, 0.1) is 0 Å². The number of allylic oxidation sites excluding steroid dienone is 1. The summed E-state index contributed by atoms with van der Waals surface area (Å²) >= 11 is 0. The maximum atomic E-state index is 5.76. The number of likely N-dealkylation sites (N-methyl/N-ethyl adjacent to an activating group) is 1. The van der Waals surface area contributed by atoms with Gasteiger partial charge in [-0.25, -0.2) is 0 Å².